The highest BCUT2D eigenvalue weighted by Crippen LogP contribution is 2.17. The quantitative estimate of drug-likeness (QED) is 0.870. The minimum absolute atomic E-state index is 0.565. The lowest BCUT2D eigenvalue weighted by atomic mass is 9.92. The van der Waals surface area contributed by atoms with E-state index in [1.54, 1.807) is 0 Å². The van der Waals surface area contributed by atoms with Crippen LogP contribution < -0.4 is 5.32 Å². The lowest BCUT2D eigenvalue weighted by Gasteiger charge is -2.17. The molecule has 20 heavy (non-hydrogen) atoms. The highest BCUT2D eigenvalue weighted by Gasteiger charge is 2.12. The van der Waals surface area contributed by atoms with Gasteiger partial charge >= 0.3 is 0 Å². The number of halogens is 1. The van der Waals surface area contributed by atoms with Gasteiger partial charge in [-0.05, 0) is 78.5 Å². The molecule has 1 aromatic heterocycles. The number of aryl methyl sites for hydroxylation is 1. The predicted octanol–water partition coefficient (Wildman–Crippen LogP) is 3.77. The summed E-state index contributed by atoms with van der Waals surface area (Å²) in [5, 5.41) is 3.30. The molecule has 0 aliphatic carbocycles. The number of aromatic nitrogens is 1. The molecular formula is C17H21BrN2. The summed E-state index contributed by atoms with van der Waals surface area (Å²) >= 11 is 3.43. The van der Waals surface area contributed by atoms with E-state index >= 15 is 0 Å². The maximum absolute atomic E-state index is 4.49. The molecule has 0 aliphatic heterocycles. The number of nitrogens with one attached hydrogen (secondary N) is 1. The lowest BCUT2D eigenvalue weighted by molar-refractivity contribution is 0.487. The number of benzene rings is 1. The highest BCUT2D eigenvalue weighted by molar-refractivity contribution is 9.10. The van der Waals surface area contributed by atoms with Gasteiger partial charge in [-0.15, -0.1) is 0 Å². The van der Waals surface area contributed by atoms with Crippen LogP contribution in [0.15, 0.2) is 47.1 Å². The maximum atomic E-state index is 4.49. The van der Waals surface area contributed by atoms with Crippen LogP contribution in [0.2, 0.25) is 0 Å². The van der Waals surface area contributed by atoms with Crippen molar-refractivity contribution in [2.24, 2.45) is 5.92 Å². The van der Waals surface area contributed by atoms with Crippen molar-refractivity contribution in [1.82, 2.24) is 10.3 Å². The molecule has 2 rings (SSSR count). The van der Waals surface area contributed by atoms with E-state index < -0.39 is 0 Å². The average Bonchev–Trinajstić information content (AvgIpc) is 2.44. The summed E-state index contributed by atoms with van der Waals surface area (Å²) < 4.78 is 1.03. The van der Waals surface area contributed by atoms with Gasteiger partial charge in [0, 0.05) is 16.4 Å². The van der Waals surface area contributed by atoms with Crippen LogP contribution in [0.3, 0.4) is 0 Å². The summed E-state index contributed by atoms with van der Waals surface area (Å²) in [7, 11) is 2.01. The van der Waals surface area contributed by atoms with Gasteiger partial charge in [-0.1, -0.05) is 24.3 Å². The number of pyridine rings is 1. The van der Waals surface area contributed by atoms with Crippen LogP contribution in [0.5, 0.6) is 0 Å². The van der Waals surface area contributed by atoms with E-state index in [0.717, 1.165) is 29.6 Å². The summed E-state index contributed by atoms with van der Waals surface area (Å²) in [6, 6.07) is 12.8. The molecule has 2 nitrogen and oxygen atoms in total. The molecule has 1 heterocycles. The monoisotopic (exact) mass is 332 g/mol. The molecule has 0 aliphatic rings. The first-order chi connectivity index (χ1) is 9.69. The third-order valence-electron chi connectivity index (χ3n) is 3.55. The van der Waals surface area contributed by atoms with E-state index in [9.17, 15) is 0 Å². The Balaban J connectivity index is 2.07. The Labute approximate surface area is 129 Å². The van der Waals surface area contributed by atoms with Crippen molar-refractivity contribution in [3.8, 4) is 0 Å². The van der Waals surface area contributed by atoms with Crippen molar-refractivity contribution in [3.63, 3.8) is 0 Å². The largest absolute Gasteiger partial charge is 0.319 e. The molecule has 1 aromatic carbocycles. The van der Waals surface area contributed by atoms with Gasteiger partial charge < -0.3 is 5.32 Å². The Morgan fingerprint density at radius 3 is 2.60 bits per heavy atom. The molecular weight excluding hydrogens is 312 g/mol. The van der Waals surface area contributed by atoms with E-state index in [4.69, 9.17) is 0 Å². The van der Waals surface area contributed by atoms with Gasteiger partial charge in [0.05, 0.1) is 0 Å². The third kappa shape index (κ3) is 4.43. The van der Waals surface area contributed by atoms with Crippen LogP contribution in [0.1, 0.15) is 16.8 Å². The van der Waals surface area contributed by atoms with Gasteiger partial charge in [0.15, 0.2) is 0 Å². The molecule has 2 aromatic rings. The van der Waals surface area contributed by atoms with E-state index in [1.807, 2.05) is 13.2 Å². The molecule has 0 radical (unpaired) electrons. The van der Waals surface area contributed by atoms with Crippen LogP contribution in [0.25, 0.3) is 0 Å². The SMILES string of the molecule is CNCC(Cc1ccc(Br)cn1)Cc1ccccc1C. The van der Waals surface area contributed by atoms with E-state index in [1.165, 1.54) is 11.1 Å². The summed E-state index contributed by atoms with van der Waals surface area (Å²) in [5.41, 5.74) is 3.96. The molecule has 3 heteroatoms. The van der Waals surface area contributed by atoms with E-state index in [-0.39, 0.29) is 0 Å². The minimum atomic E-state index is 0.565. The van der Waals surface area contributed by atoms with Crippen molar-refractivity contribution < 1.29 is 0 Å². The second kappa shape index (κ2) is 7.55. The second-order valence-electron chi connectivity index (χ2n) is 5.23. The van der Waals surface area contributed by atoms with Crippen LogP contribution in [0.4, 0.5) is 0 Å². The van der Waals surface area contributed by atoms with Gasteiger partial charge in [-0.2, -0.15) is 0 Å². The number of hydrogen-bond donors (Lipinski definition) is 1. The van der Waals surface area contributed by atoms with Crippen LogP contribution in [0, 0.1) is 12.8 Å². The first kappa shape index (κ1) is 15.2. The van der Waals surface area contributed by atoms with Crippen LogP contribution >= 0.6 is 15.9 Å². The third-order valence-corrected chi connectivity index (χ3v) is 4.02. The predicted molar refractivity (Wildman–Crippen MR) is 87.9 cm³/mol. The smallest absolute Gasteiger partial charge is 0.0413 e. The Kier molecular flexibility index (Phi) is 5.74. The molecule has 0 bridgehead atoms. The topological polar surface area (TPSA) is 24.9 Å². The standard InChI is InChI=1S/C17H21BrN2/c1-13-5-3-4-6-15(13)9-14(11-19-2)10-17-8-7-16(18)12-20-17/h3-8,12,14,19H,9-11H2,1-2H3. The van der Waals surface area contributed by atoms with Gasteiger partial charge in [0.2, 0.25) is 0 Å². The van der Waals surface area contributed by atoms with Crippen molar-refractivity contribution in [3.05, 3.63) is 63.9 Å². The highest BCUT2D eigenvalue weighted by atomic mass is 79.9. The zero-order valence-corrected chi connectivity index (χ0v) is 13.7. The summed E-state index contributed by atoms with van der Waals surface area (Å²) in [6.07, 6.45) is 3.97. The molecule has 106 valence electrons. The van der Waals surface area contributed by atoms with Crippen LogP contribution in [-0.2, 0) is 12.8 Å². The summed E-state index contributed by atoms with van der Waals surface area (Å²) in [5.74, 6) is 0.565. The van der Waals surface area contributed by atoms with E-state index in [0.29, 0.717) is 5.92 Å². The lowest BCUT2D eigenvalue weighted by Crippen LogP contribution is -2.23. The number of hydrogen-bond acceptors (Lipinski definition) is 2. The number of nitrogens with zero attached hydrogens (tertiary/aromatic N) is 1. The fraction of sp³-hybridized carbons (Fsp3) is 0.353. The molecule has 0 fully saturated rings. The minimum Gasteiger partial charge on any atom is -0.319 e. The first-order valence-corrected chi connectivity index (χ1v) is 7.78. The zero-order valence-electron chi connectivity index (χ0n) is 12.1. The fourth-order valence-electron chi connectivity index (χ4n) is 2.48. The molecule has 0 saturated carbocycles. The Hall–Kier alpha value is -1.19. The fourth-order valence-corrected chi connectivity index (χ4v) is 2.71. The molecule has 0 saturated heterocycles. The summed E-state index contributed by atoms with van der Waals surface area (Å²) in [4.78, 5) is 4.49. The second-order valence-corrected chi connectivity index (χ2v) is 6.14. The Morgan fingerprint density at radius 1 is 1.15 bits per heavy atom. The van der Waals surface area contributed by atoms with Crippen molar-refractivity contribution in [2.45, 2.75) is 19.8 Å². The Bertz CT molecular complexity index is 537. The van der Waals surface area contributed by atoms with Crippen molar-refractivity contribution in [2.75, 3.05) is 13.6 Å². The van der Waals surface area contributed by atoms with Gasteiger partial charge in [0.1, 0.15) is 0 Å². The maximum Gasteiger partial charge on any atom is 0.0413 e. The normalized spacial score (nSPS) is 12.3. The molecule has 1 atom stereocenters. The molecule has 1 N–H and O–H groups in total. The zero-order chi connectivity index (χ0) is 14.4. The first-order valence-electron chi connectivity index (χ1n) is 6.98. The van der Waals surface area contributed by atoms with E-state index in [2.05, 4.69) is 69.6 Å². The molecule has 1 unspecified atom stereocenters. The van der Waals surface area contributed by atoms with Crippen molar-refractivity contribution >= 4 is 15.9 Å². The van der Waals surface area contributed by atoms with Crippen molar-refractivity contribution in [1.29, 1.82) is 0 Å². The molecule has 0 spiro atoms. The van der Waals surface area contributed by atoms with Gasteiger partial charge in [-0.25, -0.2) is 0 Å². The molecule has 0 amide bonds. The number of rotatable bonds is 6. The van der Waals surface area contributed by atoms with Gasteiger partial charge in [-0.3, -0.25) is 4.98 Å². The average molecular weight is 333 g/mol. The van der Waals surface area contributed by atoms with Gasteiger partial charge in [0.25, 0.3) is 0 Å². The summed E-state index contributed by atoms with van der Waals surface area (Å²) in [6.45, 7) is 3.19. The Morgan fingerprint density at radius 2 is 1.95 bits per heavy atom. The van der Waals surface area contributed by atoms with Crippen LogP contribution in [-0.4, -0.2) is 18.6 Å².